The van der Waals surface area contributed by atoms with Crippen LogP contribution in [0.5, 0.6) is 0 Å². The van der Waals surface area contributed by atoms with Gasteiger partial charge < -0.3 is 4.74 Å². The maximum absolute atomic E-state index is 11.6. The highest BCUT2D eigenvalue weighted by molar-refractivity contribution is 7.84. The van der Waals surface area contributed by atoms with Crippen molar-refractivity contribution in [3.8, 4) is 0 Å². The number of cyclic esters (lactones) is 1. The second-order valence-electron chi connectivity index (χ2n) is 4.08. The first-order valence-corrected chi connectivity index (χ1v) is 6.77. The van der Waals surface area contributed by atoms with Crippen molar-refractivity contribution in [2.45, 2.75) is 24.3 Å². The molecule has 0 N–H and O–H groups in total. The Morgan fingerprint density at radius 1 is 1.38 bits per heavy atom. The number of ether oxygens (including phenoxy) is 1. The topological polar surface area (TPSA) is 43.4 Å². The van der Waals surface area contributed by atoms with Gasteiger partial charge in [-0.25, -0.2) is 0 Å². The second kappa shape index (κ2) is 4.37. The summed E-state index contributed by atoms with van der Waals surface area (Å²) in [5.41, 5.74) is 0.877. The molecule has 1 aromatic rings. The highest BCUT2D eigenvalue weighted by Crippen LogP contribution is 2.37. The SMILES string of the molecule is C[C@@H]1CC(=O)O[C@H]1c1ccccc1S(C)=O. The summed E-state index contributed by atoms with van der Waals surface area (Å²) < 4.78 is 16.9. The van der Waals surface area contributed by atoms with Crippen LogP contribution in [0.2, 0.25) is 0 Å². The number of hydrogen-bond acceptors (Lipinski definition) is 3. The Morgan fingerprint density at radius 3 is 2.62 bits per heavy atom. The van der Waals surface area contributed by atoms with E-state index in [4.69, 9.17) is 4.74 Å². The van der Waals surface area contributed by atoms with Crippen LogP contribution >= 0.6 is 0 Å². The van der Waals surface area contributed by atoms with Gasteiger partial charge in [-0.15, -0.1) is 0 Å². The van der Waals surface area contributed by atoms with Gasteiger partial charge >= 0.3 is 5.97 Å². The predicted molar refractivity (Wildman–Crippen MR) is 61.4 cm³/mol. The highest BCUT2D eigenvalue weighted by Gasteiger charge is 2.34. The molecule has 2 rings (SSSR count). The van der Waals surface area contributed by atoms with Crippen LogP contribution in [-0.4, -0.2) is 16.4 Å². The van der Waals surface area contributed by atoms with Crippen LogP contribution in [0.25, 0.3) is 0 Å². The average Bonchev–Trinajstić information content (AvgIpc) is 2.57. The zero-order chi connectivity index (χ0) is 11.7. The minimum atomic E-state index is -1.05. The van der Waals surface area contributed by atoms with Gasteiger partial charge in [0.1, 0.15) is 6.10 Å². The summed E-state index contributed by atoms with van der Waals surface area (Å²) in [5, 5.41) is 0. The van der Waals surface area contributed by atoms with Gasteiger partial charge in [-0.2, -0.15) is 0 Å². The van der Waals surface area contributed by atoms with E-state index in [9.17, 15) is 9.00 Å². The summed E-state index contributed by atoms with van der Waals surface area (Å²) in [4.78, 5) is 12.0. The molecule has 1 saturated heterocycles. The maximum atomic E-state index is 11.6. The molecule has 0 saturated carbocycles. The first kappa shape index (κ1) is 11.3. The van der Waals surface area contributed by atoms with Crippen molar-refractivity contribution in [2.75, 3.05) is 6.26 Å². The summed E-state index contributed by atoms with van der Waals surface area (Å²) in [6.07, 6.45) is 1.84. The molecule has 16 heavy (non-hydrogen) atoms. The third kappa shape index (κ3) is 2.02. The van der Waals surface area contributed by atoms with Gasteiger partial charge in [0.05, 0.1) is 17.2 Å². The predicted octanol–water partition coefficient (Wildman–Crippen LogP) is 2.05. The van der Waals surface area contributed by atoms with Crippen molar-refractivity contribution in [3.05, 3.63) is 29.8 Å². The van der Waals surface area contributed by atoms with E-state index in [2.05, 4.69) is 0 Å². The molecule has 3 atom stereocenters. The van der Waals surface area contributed by atoms with E-state index in [1.165, 1.54) is 0 Å². The molecule has 0 spiro atoms. The third-order valence-corrected chi connectivity index (χ3v) is 3.79. The van der Waals surface area contributed by atoms with E-state index in [0.717, 1.165) is 10.5 Å². The average molecular weight is 238 g/mol. The fourth-order valence-corrected chi connectivity index (χ4v) is 2.81. The number of rotatable bonds is 2. The van der Waals surface area contributed by atoms with Crippen molar-refractivity contribution in [1.82, 2.24) is 0 Å². The summed E-state index contributed by atoms with van der Waals surface area (Å²) in [5.74, 6) is -0.0219. The normalized spacial score (nSPS) is 26.5. The molecule has 0 radical (unpaired) electrons. The highest BCUT2D eigenvalue weighted by atomic mass is 32.2. The van der Waals surface area contributed by atoms with Crippen molar-refractivity contribution in [2.24, 2.45) is 5.92 Å². The molecule has 1 heterocycles. The van der Waals surface area contributed by atoms with Crippen LogP contribution in [0.1, 0.15) is 25.0 Å². The zero-order valence-electron chi connectivity index (χ0n) is 9.30. The van der Waals surface area contributed by atoms with Crippen LogP contribution in [0.4, 0.5) is 0 Å². The Kier molecular flexibility index (Phi) is 3.10. The molecule has 1 aromatic carbocycles. The van der Waals surface area contributed by atoms with E-state index in [-0.39, 0.29) is 18.0 Å². The van der Waals surface area contributed by atoms with Gasteiger partial charge in [-0.3, -0.25) is 9.00 Å². The first-order valence-electron chi connectivity index (χ1n) is 5.21. The summed E-state index contributed by atoms with van der Waals surface area (Å²) in [6, 6.07) is 7.44. The fraction of sp³-hybridized carbons (Fsp3) is 0.417. The van der Waals surface area contributed by atoms with Crippen molar-refractivity contribution >= 4 is 16.8 Å². The van der Waals surface area contributed by atoms with Crippen molar-refractivity contribution in [1.29, 1.82) is 0 Å². The molecule has 0 amide bonds. The Labute approximate surface area is 97.3 Å². The van der Waals surface area contributed by atoms with Gasteiger partial charge in [0, 0.05) is 22.6 Å². The summed E-state index contributed by atoms with van der Waals surface area (Å²) >= 11 is 0. The maximum Gasteiger partial charge on any atom is 0.306 e. The Bertz CT molecular complexity index is 442. The summed E-state index contributed by atoms with van der Waals surface area (Å²) in [7, 11) is -1.05. The molecule has 0 bridgehead atoms. The first-order chi connectivity index (χ1) is 7.59. The van der Waals surface area contributed by atoms with Crippen LogP contribution in [0, 0.1) is 5.92 Å². The van der Waals surface area contributed by atoms with E-state index >= 15 is 0 Å². The number of benzene rings is 1. The molecule has 0 aromatic heterocycles. The lowest BCUT2D eigenvalue weighted by atomic mass is 9.97. The molecular formula is C12H14O3S. The summed E-state index contributed by atoms with van der Waals surface area (Å²) in [6.45, 7) is 1.98. The van der Waals surface area contributed by atoms with Crippen molar-refractivity contribution < 1.29 is 13.7 Å². The van der Waals surface area contributed by atoms with E-state index in [1.54, 1.807) is 6.26 Å². The quantitative estimate of drug-likeness (QED) is 0.741. The lowest BCUT2D eigenvalue weighted by Gasteiger charge is -2.16. The van der Waals surface area contributed by atoms with Crippen LogP contribution < -0.4 is 0 Å². The Hall–Kier alpha value is -1.16. The molecule has 86 valence electrons. The van der Waals surface area contributed by atoms with Gasteiger partial charge in [-0.05, 0) is 6.07 Å². The minimum Gasteiger partial charge on any atom is -0.457 e. The monoisotopic (exact) mass is 238 g/mol. The van der Waals surface area contributed by atoms with E-state index in [1.807, 2.05) is 31.2 Å². The number of carbonyl (C=O) groups is 1. The van der Waals surface area contributed by atoms with E-state index < -0.39 is 10.8 Å². The zero-order valence-corrected chi connectivity index (χ0v) is 10.1. The molecule has 1 aliphatic heterocycles. The van der Waals surface area contributed by atoms with Crippen LogP contribution in [-0.2, 0) is 20.3 Å². The lowest BCUT2D eigenvalue weighted by Crippen LogP contribution is -2.08. The van der Waals surface area contributed by atoms with Crippen molar-refractivity contribution in [3.63, 3.8) is 0 Å². The molecule has 4 heteroatoms. The standard InChI is InChI=1S/C12H14O3S/c1-8-7-11(13)15-12(8)9-5-3-4-6-10(9)16(2)14/h3-6,8,12H,7H2,1-2H3/t8-,12-,16?/m1/s1. The molecular weight excluding hydrogens is 224 g/mol. The largest absolute Gasteiger partial charge is 0.457 e. The third-order valence-electron chi connectivity index (χ3n) is 2.80. The van der Waals surface area contributed by atoms with Gasteiger partial charge in [-0.1, -0.05) is 25.1 Å². The smallest absolute Gasteiger partial charge is 0.306 e. The van der Waals surface area contributed by atoms with E-state index in [0.29, 0.717) is 6.42 Å². The van der Waals surface area contributed by atoms with Gasteiger partial charge in [0.25, 0.3) is 0 Å². The Balaban J connectivity index is 2.40. The lowest BCUT2D eigenvalue weighted by molar-refractivity contribution is -0.141. The molecule has 0 aliphatic carbocycles. The number of hydrogen-bond donors (Lipinski definition) is 0. The minimum absolute atomic E-state index is 0.150. The fourth-order valence-electron chi connectivity index (χ4n) is 2.02. The van der Waals surface area contributed by atoms with Gasteiger partial charge in [0.15, 0.2) is 0 Å². The van der Waals surface area contributed by atoms with Crippen LogP contribution in [0.15, 0.2) is 29.2 Å². The molecule has 1 aliphatic rings. The van der Waals surface area contributed by atoms with Gasteiger partial charge in [0.2, 0.25) is 0 Å². The van der Waals surface area contributed by atoms with Crippen LogP contribution in [0.3, 0.4) is 0 Å². The second-order valence-corrected chi connectivity index (χ2v) is 5.43. The number of carbonyl (C=O) groups excluding carboxylic acids is 1. The number of esters is 1. The molecule has 1 fully saturated rings. The Morgan fingerprint density at radius 2 is 2.06 bits per heavy atom. The molecule has 1 unspecified atom stereocenters. The molecule has 3 nitrogen and oxygen atoms in total.